The van der Waals surface area contributed by atoms with Gasteiger partial charge in [-0.2, -0.15) is 0 Å². The molecular weight excluding hydrogens is 312 g/mol. The van der Waals surface area contributed by atoms with Crippen molar-refractivity contribution in [3.05, 3.63) is 0 Å². The van der Waals surface area contributed by atoms with Crippen molar-refractivity contribution in [1.82, 2.24) is 10.2 Å². The molecule has 2 rings (SSSR count). The van der Waals surface area contributed by atoms with E-state index in [0.29, 0.717) is 6.42 Å². The SMILES string of the molecule is CCOC(=O)C(C)NC(C)C(=O)N1C(C(=O)O)C[C@@H]2CCCC[C@@H]21. The summed E-state index contributed by atoms with van der Waals surface area (Å²) in [5.41, 5.74) is 0. The first-order valence-corrected chi connectivity index (χ1v) is 8.84. The number of amides is 1. The standard InChI is InChI=1S/C17H28N2O5/c1-4-24-17(23)11(3)18-10(2)15(20)19-13-8-6-5-7-12(13)9-14(19)16(21)22/h10-14,18H,4-9H2,1-3H3,(H,21,22)/t10?,11?,12-,13-,14?/m0/s1. The number of nitrogens with one attached hydrogen (secondary N) is 1. The molecule has 0 bridgehead atoms. The van der Waals surface area contributed by atoms with Crippen molar-refractivity contribution in [3.63, 3.8) is 0 Å². The Morgan fingerprint density at radius 2 is 1.88 bits per heavy atom. The van der Waals surface area contributed by atoms with Gasteiger partial charge in [-0.1, -0.05) is 12.8 Å². The summed E-state index contributed by atoms with van der Waals surface area (Å²) in [5, 5.41) is 12.5. The van der Waals surface area contributed by atoms with E-state index in [1.165, 1.54) is 0 Å². The zero-order chi connectivity index (χ0) is 17.9. The minimum atomic E-state index is -0.941. The van der Waals surface area contributed by atoms with Gasteiger partial charge in [0.2, 0.25) is 5.91 Å². The smallest absolute Gasteiger partial charge is 0.326 e. The van der Waals surface area contributed by atoms with E-state index in [1.807, 2.05) is 0 Å². The Morgan fingerprint density at radius 3 is 2.50 bits per heavy atom. The van der Waals surface area contributed by atoms with Gasteiger partial charge in [-0.15, -0.1) is 0 Å². The predicted octanol–water partition coefficient (Wildman–Crippen LogP) is 1.16. The third-order valence-corrected chi connectivity index (χ3v) is 5.14. The molecule has 24 heavy (non-hydrogen) atoms. The van der Waals surface area contributed by atoms with Crippen LogP contribution in [-0.4, -0.2) is 58.6 Å². The zero-order valence-electron chi connectivity index (χ0n) is 14.7. The van der Waals surface area contributed by atoms with Crippen molar-refractivity contribution in [2.45, 2.75) is 77.0 Å². The second kappa shape index (κ2) is 7.96. The number of nitrogens with zero attached hydrogens (tertiary/aromatic N) is 1. The van der Waals surface area contributed by atoms with Gasteiger partial charge in [-0.25, -0.2) is 4.79 Å². The third-order valence-electron chi connectivity index (χ3n) is 5.14. The molecule has 7 nitrogen and oxygen atoms in total. The second-order valence-electron chi connectivity index (χ2n) is 6.81. The van der Waals surface area contributed by atoms with Gasteiger partial charge in [0.15, 0.2) is 0 Å². The van der Waals surface area contributed by atoms with E-state index in [-0.39, 0.29) is 24.5 Å². The zero-order valence-corrected chi connectivity index (χ0v) is 14.7. The number of carboxylic acid groups (broad SMARTS) is 1. The number of ether oxygens (including phenoxy) is 1. The summed E-state index contributed by atoms with van der Waals surface area (Å²) in [5.74, 6) is -1.32. The van der Waals surface area contributed by atoms with Crippen LogP contribution in [0, 0.1) is 5.92 Å². The molecule has 0 spiro atoms. The Balaban J connectivity index is 2.07. The topological polar surface area (TPSA) is 95.9 Å². The Morgan fingerprint density at radius 1 is 1.21 bits per heavy atom. The molecule has 2 fully saturated rings. The normalized spacial score (nSPS) is 28.8. The lowest BCUT2D eigenvalue weighted by Crippen LogP contribution is -2.55. The largest absolute Gasteiger partial charge is 0.480 e. The van der Waals surface area contributed by atoms with E-state index in [4.69, 9.17) is 4.74 Å². The number of rotatable bonds is 6. The molecule has 1 saturated carbocycles. The average Bonchev–Trinajstić information content (AvgIpc) is 2.93. The molecule has 1 aliphatic carbocycles. The summed E-state index contributed by atoms with van der Waals surface area (Å²) in [7, 11) is 0. The van der Waals surface area contributed by atoms with E-state index >= 15 is 0 Å². The van der Waals surface area contributed by atoms with E-state index in [1.54, 1.807) is 25.7 Å². The Kier molecular flexibility index (Phi) is 6.21. The number of aliphatic carboxylic acids is 1. The first-order chi connectivity index (χ1) is 11.4. The number of carboxylic acids is 1. The van der Waals surface area contributed by atoms with Crippen LogP contribution in [0.5, 0.6) is 0 Å². The van der Waals surface area contributed by atoms with Gasteiger partial charge in [0, 0.05) is 6.04 Å². The molecule has 5 atom stereocenters. The Labute approximate surface area is 142 Å². The summed E-state index contributed by atoms with van der Waals surface area (Å²) in [6, 6.07) is -1.99. The molecule has 1 heterocycles. The van der Waals surface area contributed by atoms with Gasteiger partial charge in [0.25, 0.3) is 0 Å². The van der Waals surface area contributed by atoms with E-state index < -0.39 is 30.1 Å². The number of hydrogen-bond acceptors (Lipinski definition) is 5. The summed E-state index contributed by atoms with van der Waals surface area (Å²) in [4.78, 5) is 37.8. The van der Waals surface area contributed by atoms with Gasteiger partial charge in [-0.05, 0) is 46.0 Å². The quantitative estimate of drug-likeness (QED) is 0.705. The number of esters is 1. The lowest BCUT2D eigenvalue weighted by atomic mass is 9.84. The fraction of sp³-hybridized carbons (Fsp3) is 0.824. The van der Waals surface area contributed by atoms with Crippen LogP contribution in [0.3, 0.4) is 0 Å². The fourth-order valence-corrected chi connectivity index (χ4v) is 4.00. The summed E-state index contributed by atoms with van der Waals surface area (Å²) in [6.07, 6.45) is 4.51. The molecule has 2 N–H and O–H groups in total. The molecule has 1 saturated heterocycles. The monoisotopic (exact) mass is 340 g/mol. The number of hydrogen-bond donors (Lipinski definition) is 2. The molecule has 0 aromatic rings. The highest BCUT2D eigenvalue weighted by Crippen LogP contribution is 2.40. The second-order valence-corrected chi connectivity index (χ2v) is 6.81. The van der Waals surface area contributed by atoms with Gasteiger partial charge < -0.3 is 14.7 Å². The molecule has 0 radical (unpaired) electrons. The van der Waals surface area contributed by atoms with Crippen LogP contribution in [0.2, 0.25) is 0 Å². The molecule has 0 aromatic carbocycles. The molecule has 136 valence electrons. The number of carbonyl (C=O) groups excluding carboxylic acids is 2. The van der Waals surface area contributed by atoms with Crippen LogP contribution in [0.4, 0.5) is 0 Å². The number of fused-ring (bicyclic) bond motifs is 1. The highest BCUT2D eigenvalue weighted by atomic mass is 16.5. The van der Waals surface area contributed by atoms with Crippen LogP contribution in [-0.2, 0) is 19.1 Å². The predicted molar refractivity (Wildman–Crippen MR) is 87.3 cm³/mol. The van der Waals surface area contributed by atoms with Crippen LogP contribution in [0.25, 0.3) is 0 Å². The van der Waals surface area contributed by atoms with Crippen molar-refractivity contribution in [3.8, 4) is 0 Å². The molecule has 3 unspecified atom stereocenters. The lowest BCUT2D eigenvalue weighted by molar-refractivity contribution is -0.151. The highest BCUT2D eigenvalue weighted by molar-refractivity contribution is 5.88. The maximum absolute atomic E-state index is 12.9. The van der Waals surface area contributed by atoms with Gasteiger partial charge in [0.1, 0.15) is 12.1 Å². The first-order valence-electron chi connectivity index (χ1n) is 8.84. The summed E-state index contributed by atoms with van der Waals surface area (Å²) < 4.78 is 4.93. The molecule has 1 aliphatic heterocycles. The molecule has 0 aromatic heterocycles. The number of carbonyl (C=O) groups is 3. The number of likely N-dealkylation sites (tertiary alicyclic amines) is 1. The van der Waals surface area contributed by atoms with E-state index in [0.717, 1.165) is 25.7 Å². The third kappa shape index (κ3) is 3.88. The fourth-order valence-electron chi connectivity index (χ4n) is 4.00. The molecular formula is C17H28N2O5. The summed E-state index contributed by atoms with van der Waals surface area (Å²) >= 11 is 0. The lowest BCUT2D eigenvalue weighted by Gasteiger charge is -2.35. The van der Waals surface area contributed by atoms with Crippen molar-refractivity contribution in [2.24, 2.45) is 5.92 Å². The maximum Gasteiger partial charge on any atom is 0.326 e. The van der Waals surface area contributed by atoms with Crippen molar-refractivity contribution >= 4 is 17.8 Å². The summed E-state index contributed by atoms with van der Waals surface area (Å²) in [6.45, 7) is 5.32. The van der Waals surface area contributed by atoms with Gasteiger partial charge in [0.05, 0.1) is 12.6 Å². The maximum atomic E-state index is 12.9. The minimum absolute atomic E-state index is 0.00880. The van der Waals surface area contributed by atoms with Crippen LogP contribution < -0.4 is 5.32 Å². The van der Waals surface area contributed by atoms with Crippen LogP contribution in [0.1, 0.15) is 52.9 Å². The Hall–Kier alpha value is -1.63. The average molecular weight is 340 g/mol. The molecule has 7 heteroatoms. The Bertz CT molecular complexity index is 495. The van der Waals surface area contributed by atoms with E-state index in [9.17, 15) is 19.5 Å². The van der Waals surface area contributed by atoms with Crippen molar-refractivity contribution in [2.75, 3.05) is 6.61 Å². The molecule has 1 amide bonds. The molecule has 2 aliphatic rings. The highest BCUT2D eigenvalue weighted by Gasteiger charge is 2.48. The minimum Gasteiger partial charge on any atom is -0.480 e. The van der Waals surface area contributed by atoms with Gasteiger partial charge in [-0.3, -0.25) is 14.9 Å². The van der Waals surface area contributed by atoms with Crippen LogP contribution >= 0.6 is 0 Å². The first kappa shape index (κ1) is 18.7. The van der Waals surface area contributed by atoms with Crippen LogP contribution in [0.15, 0.2) is 0 Å². The van der Waals surface area contributed by atoms with Crippen molar-refractivity contribution in [1.29, 1.82) is 0 Å². The van der Waals surface area contributed by atoms with E-state index in [2.05, 4.69) is 5.32 Å². The van der Waals surface area contributed by atoms with Crippen molar-refractivity contribution < 1.29 is 24.2 Å². The van der Waals surface area contributed by atoms with Gasteiger partial charge >= 0.3 is 11.9 Å².